The maximum Gasteiger partial charge on any atom is 0.189 e. The molecule has 0 bridgehead atoms. The van der Waals surface area contributed by atoms with Gasteiger partial charge in [-0.3, -0.25) is 0 Å². The third-order valence-corrected chi connectivity index (χ3v) is 4.10. The number of hydrogen-bond acceptors (Lipinski definition) is 3. The van der Waals surface area contributed by atoms with Gasteiger partial charge in [0.25, 0.3) is 0 Å². The first kappa shape index (κ1) is 15.4. The van der Waals surface area contributed by atoms with Crippen molar-refractivity contribution in [1.29, 1.82) is 0 Å². The Morgan fingerprint density at radius 2 is 2.04 bits per heavy atom. The Bertz CT molecular complexity index is 656. The first-order valence-electron chi connectivity index (χ1n) is 8.00. The number of guanidine groups is 1. The summed E-state index contributed by atoms with van der Waals surface area (Å²) in [6.45, 7) is 0.481. The molecule has 1 aromatic carbocycles. The molecule has 6 heteroatoms. The van der Waals surface area contributed by atoms with Crippen LogP contribution in [0, 0.1) is 0 Å². The van der Waals surface area contributed by atoms with Crippen LogP contribution in [0.4, 0.5) is 0 Å². The number of nitrogens with two attached hydrogens (primary N) is 1. The van der Waals surface area contributed by atoms with Gasteiger partial charge in [0, 0.05) is 12.2 Å². The Hall–Kier alpha value is -2.50. The molecule has 1 saturated carbocycles. The fourth-order valence-corrected chi connectivity index (χ4v) is 2.82. The average Bonchev–Trinajstić information content (AvgIpc) is 3.25. The summed E-state index contributed by atoms with van der Waals surface area (Å²) in [5, 5.41) is 7.80. The van der Waals surface area contributed by atoms with Gasteiger partial charge in [-0.25, -0.2) is 9.67 Å². The van der Waals surface area contributed by atoms with Crippen molar-refractivity contribution in [3.63, 3.8) is 0 Å². The normalized spacial score (nSPS) is 15.8. The number of nitrogens with one attached hydrogen (secondary N) is 1. The van der Waals surface area contributed by atoms with Crippen molar-refractivity contribution in [3.8, 4) is 11.4 Å². The zero-order valence-electron chi connectivity index (χ0n) is 13.4. The van der Waals surface area contributed by atoms with Gasteiger partial charge < -0.3 is 15.8 Å². The van der Waals surface area contributed by atoms with Crippen LogP contribution in [0.5, 0.6) is 5.75 Å². The number of benzene rings is 1. The first-order valence-corrected chi connectivity index (χ1v) is 8.00. The highest BCUT2D eigenvalue weighted by atomic mass is 16.5. The number of nitrogens with zero attached hydrogens (tertiary/aromatic N) is 3. The first-order chi connectivity index (χ1) is 11.2. The Balaban J connectivity index is 1.59. The molecule has 0 spiro atoms. The van der Waals surface area contributed by atoms with Crippen LogP contribution in [-0.4, -0.2) is 28.9 Å². The molecule has 0 saturated heterocycles. The highest BCUT2D eigenvalue weighted by Crippen LogP contribution is 2.17. The van der Waals surface area contributed by atoms with Gasteiger partial charge in [0.05, 0.1) is 25.0 Å². The smallest absolute Gasteiger partial charge is 0.189 e. The molecule has 0 aliphatic heterocycles. The molecule has 1 heterocycles. The summed E-state index contributed by atoms with van der Waals surface area (Å²) in [7, 11) is 1.66. The van der Waals surface area contributed by atoms with E-state index in [-0.39, 0.29) is 0 Å². The molecule has 1 aliphatic carbocycles. The second-order valence-corrected chi connectivity index (χ2v) is 5.78. The molecule has 1 fully saturated rings. The average molecular weight is 313 g/mol. The number of ether oxygens (including phenoxy) is 1. The topological polar surface area (TPSA) is 77.5 Å². The van der Waals surface area contributed by atoms with Gasteiger partial charge in [-0.1, -0.05) is 12.8 Å². The lowest BCUT2D eigenvalue weighted by molar-refractivity contribution is 0.414. The van der Waals surface area contributed by atoms with Crippen LogP contribution in [-0.2, 0) is 6.54 Å². The lowest BCUT2D eigenvalue weighted by Crippen LogP contribution is -2.38. The second kappa shape index (κ2) is 7.17. The summed E-state index contributed by atoms with van der Waals surface area (Å²) in [5.41, 5.74) is 7.81. The molecule has 6 nitrogen and oxygen atoms in total. The summed E-state index contributed by atoms with van der Waals surface area (Å²) < 4.78 is 6.99. The number of hydrogen-bond donors (Lipinski definition) is 2. The van der Waals surface area contributed by atoms with E-state index in [4.69, 9.17) is 10.5 Å². The van der Waals surface area contributed by atoms with E-state index in [1.165, 1.54) is 25.7 Å². The van der Waals surface area contributed by atoms with Crippen LogP contribution in [0.2, 0.25) is 0 Å². The number of aromatic nitrogens is 2. The Kier molecular flexibility index (Phi) is 4.80. The highest BCUT2D eigenvalue weighted by Gasteiger charge is 2.14. The Labute approximate surface area is 136 Å². The summed E-state index contributed by atoms with van der Waals surface area (Å²) in [4.78, 5) is 4.38. The fraction of sp³-hybridized carbons (Fsp3) is 0.412. The predicted octanol–water partition coefficient (Wildman–Crippen LogP) is 2.23. The van der Waals surface area contributed by atoms with Crippen molar-refractivity contribution in [2.24, 2.45) is 10.7 Å². The lowest BCUT2D eigenvalue weighted by atomic mass is 10.2. The Morgan fingerprint density at radius 1 is 1.30 bits per heavy atom. The van der Waals surface area contributed by atoms with E-state index in [0.29, 0.717) is 18.5 Å². The zero-order valence-corrected chi connectivity index (χ0v) is 13.4. The minimum Gasteiger partial charge on any atom is -0.497 e. The van der Waals surface area contributed by atoms with Gasteiger partial charge in [0.1, 0.15) is 5.75 Å². The molecule has 0 radical (unpaired) electrons. The van der Waals surface area contributed by atoms with Crippen molar-refractivity contribution >= 4 is 5.96 Å². The molecule has 0 amide bonds. The minimum absolute atomic E-state index is 0.481. The van der Waals surface area contributed by atoms with Crippen LogP contribution in [0.1, 0.15) is 31.4 Å². The maximum atomic E-state index is 5.94. The summed E-state index contributed by atoms with van der Waals surface area (Å²) >= 11 is 0. The van der Waals surface area contributed by atoms with E-state index < -0.39 is 0 Å². The molecule has 3 N–H and O–H groups in total. The molecular formula is C17H23N5O. The van der Waals surface area contributed by atoms with E-state index >= 15 is 0 Å². The molecule has 23 heavy (non-hydrogen) atoms. The maximum absolute atomic E-state index is 5.94. The molecule has 122 valence electrons. The van der Waals surface area contributed by atoms with Crippen LogP contribution in [0.25, 0.3) is 5.69 Å². The summed E-state index contributed by atoms with van der Waals surface area (Å²) in [6, 6.07) is 10.2. The van der Waals surface area contributed by atoms with E-state index in [2.05, 4.69) is 15.4 Å². The van der Waals surface area contributed by atoms with Crippen LogP contribution in [0.15, 0.2) is 41.5 Å². The second-order valence-electron chi connectivity index (χ2n) is 5.78. The van der Waals surface area contributed by atoms with Crippen molar-refractivity contribution < 1.29 is 4.74 Å². The van der Waals surface area contributed by atoms with Crippen molar-refractivity contribution in [3.05, 3.63) is 42.2 Å². The number of aliphatic imine (C=N–C) groups is 1. The standard InChI is InChI=1S/C17H23N5O/c1-23-16-8-6-15(7-9-16)22-11-10-14(21-22)12-19-17(18)20-13-4-2-3-5-13/h6-11,13H,2-5,12H2,1H3,(H3,18,19,20). The fourth-order valence-electron chi connectivity index (χ4n) is 2.82. The molecule has 3 rings (SSSR count). The van der Waals surface area contributed by atoms with E-state index in [1.807, 2.05) is 41.2 Å². The lowest BCUT2D eigenvalue weighted by Gasteiger charge is -2.11. The van der Waals surface area contributed by atoms with Crippen LogP contribution < -0.4 is 15.8 Å². The zero-order chi connectivity index (χ0) is 16.1. The molecule has 1 aliphatic rings. The van der Waals surface area contributed by atoms with Gasteiger partial charge in [0.15, 0.2) is 5.96 Å². The number of rotatable bonds is 5. The van der Waals surface area contributed by atoms with Gasteiger partial charge in [0.2, 0.25) is 0 Å². The molecular weight excluding hydrogens is 290 g/mol. The van der Waals surface area contributed by atoms with E-state index in [9.17, 15) is 0 Å². The minimum atomic E-state index is 0.481. The summed E-state index contributed by atoms with van der Waals surface area (Å²) in [6.07, 6.45) is 6.84. The van der Waals surface area contributed by atoms with Crippen molar-refractivity contribution in [2.45, 2.75) is 38.3 Å². The van der Waals surface area contributed by atoms with Crippen LogP contribution >= 0.6 is 0 Å². The van der Waals surface area contributed by atoms with Gasteiger partial charge in [-0.2, -0.15) is 5.10 Å². The largest absolute Gasteiger partial charge is 0.497 e. The number of methoxy groups -OCH3 is 1. The Morgan fingerprint density at radius 3 is 2.74 bits per heavy atom. The van der Waals surface area contributed by atoms with Crippen molar-refractivity contribution in [1.82, 2.24) is 15.1 Å². The van der Waals surface area contributed by atoms with Crippen LogP contribution in [0.3, 0.4) is 0 Å². The quantitative estimate of drug-likeness (QED) is 0.655. The third-order valence-electron chi connectivity index (χ3n) is 4.10. The van der Waals surface area contributed by atoms with Gasteiger partial charge >= 0.3 is 0 Å². The van der Waals surface area contributed by atoms with Gasteiger partial charge in [-0.15, -0.1) is 0 Å². The molecule has 0 atom stereocenters. The van der Waals surface area contributed by atoms with E-state index in [1.54, 1.807) is 7.11 Å². The SMILES string of the molecule is COc1ccc(-n2ccc(CN=C(N)NC3CCCC3)n2)cc1. The van der Waals surface area contributed by atoms with E-state index in [0.717, 1.165) is 17.1 Å². The predicted molar refractivity (Wildman–Crippen MR) is 90.8 cm³/mol. The highest BCUT2D eigenvalue weighted by molar-refractivity contribution is 5.78. The molecule has 2 aromatic rings. The van der Waals surface area contributed by atoms with Gasteiger partial charge in [-0.05, 0) is 43.2 Å². The monoisotopic (exact) mass is 313 g/mol. The summed E-state index contributed by atoms with van der Waals surface area (Å²) in [5.74, 6) is 1.34. The molecule has 0 unspecified atom stereocenters. The third kappa shape index (κ3) is 4.03. The van der Waals surface area contributed by atoms with Crippen molar-refractivity contribution in [2.75, 3.05) is 7.11 Å². The molecule has 1 aromatic heterocycles.